The fourth-order valence-corrected chi connectivity index (χ4v) is 0.983. The summed E-state index contributed by atoms with van der Waals surface area (Å²) < 4.78 is 7.78. The zero-order chi connectivity index (χ0) is 10.6. The number of nitro groups is 1. The van der Waals surface area contributed by atoms with Gasteiger partial charge in [0.1, 0.15) is 5.75 Å². The first-order valence-electron chi connectivity index (χ1n) is 3.53. The summed E-state index contributed by atoms with van der Waals surface area (Å²) in [6.07, 6.45) is 0. The largest absolute Gasteiger partial charge is 0.496 e. The molecule has 0 unspecified atom stereocenters. The van der Waals surface area contributed by atoms with E-state index in [9.17, 15) is 10.1 Å². The van der Waals surface area contributed by atoms with E-state index in [1.54, 1.807) is 0 Å². The van der Waals surface area contributed by atoms with Gasteiger partial charge >= 0.3 is 0 Å². The van der Waals surface area contributed by atoms with E-state index < -0.39 is 4.92 Å². The monoisotopic (exact) mass is 215 g/mol. The molecule has 0 aliphatic rings. The number of ether oxygens (including phenoxy) is 1. The minimum Gasteiger partial charge on any atom is -0.496 e. The van der Waals surface area contributed by atoms with E-state index in [-0.39, 0.29) is 11.4 Å². The SMILES string of the molecule is COc1ccc(/N=N\Cl)c([N+](=O)[O-])c1. The van der Waals surface area contributed by atoms with Gasteiger partial charge in [-0.25, -0.2) is 0 Å². The highest BCUT2D eigenvalue weighted by molar-refractivity contribution is 6.14. The van der Waals surface area contributed by atoms with E-state index in [1.165, 1.54) is 25.3 Å². The Morgan fingerprint density at radius 3 is 2.79 bits per heavy atom. The molecule has 0 amide bonds. The smallest absolute Gasteiger partial charge is 0.300 e. The molecule has 14 heavy (non-hydrogen) atoms. The van der Waals surface area contributed by atoms with Gasteiger partial charge in [0.2, 0.25) is 0 Å². The second-order valence-corrected chi connectivity index (χ2v) is 2.44. The Hall–Kier alpha value is -1.69. The Morgan fingerprint density at radius 1 is 1.57 bits per heavy atom. The number of hydrogen-bond donors (Lipinski definition) is 0. The van der Waals surface area contributed by atoms with Gasteiger partial charge in [-0.15, -0.1) is 5.11 Å². The van der Waals surface area contributed by atoms with Crippen LogP contribution in [0.5, 0.6) is 5.75 Å². The zero-order valence-corrected chi connectivity index (χ0v) is 7.93. The van der Waals surface area contributed by atoms with Crippen LogP contribution in [0.3, 0.4) is 0 Å². The van der Waals surface area contributed by atoms with Gasteiger partial charge in [0.25, 0.3) is 5.69 Å². The van der Waals surface area contributed by atoms with Crippen molar-refractivity contribution in [1.29, 1.82) is 0 Å². The number of nitro benzene ring substituents is 1. The lowest BCUT2D eigenvalue weighted by Crippen LogP contribution is -1.90. The normalized spacial score (nSPS) is 10.4. The van der Waals surface area contributed by atoms with E-state index in [2.05, 4.69) is 9.75 Å². The molecule has 0 saturated carbocycles. The first-order valence-corrected chi connectivity index (χ1v) is 3.87. The van der Waals surface area contributed by atoms with Crippen molar-refractivity contribution in [2.75, 3.05) is 7.11 Å². The number of nitrogens with zero attached hydrogens (tertiary/aromatic N) is 3. The quantitative estimate of drug-likeness (QED) is 0.442. The van der Waals surface area contributed by atoms with Gasteiger partial charge in [-0.2, -0.15) is 0 Å². The lowest BCUT2D eigenvalue weighted by atomic mass is 10.2. The van der Waals surface area contributed by atoms with Crippen LogP contribution in [-0.2, 0) is 0 Å². The van der Waals surface area contributed by atoms with Gasteiger partial charge in [-0.05, 0) is 12.1 Å². The molecule has 0 aliphatic heterocycles. The van der Waals surface area contributed by atoms with Crippen molar-refractivity contribution in [3.63, 3.8) is 0 Å². The number of halogens is 1. The van der Waals surface area contributed by atoms with E-state index in [0.29, 0.717) is 5.75 Å². The summed E-state index contributed by atoms with van der Waals surface area (Å²) in [6.45, 7) is 0. The summed E-state index contributed by atoms with van der Waals surface area (Å²) >= 11 is 4.99. The van der Waals surface area contributed by atoms with E-state index in [4.69, 9.17) is 16.5 Å². The lowest BCUT2D eigenvalue weighted by molar-refractivity contribution is -0.384. The van der Waals surface area contributed by atoms with Crippen LogP contribution in [-0.4, -0.2) is 12.0 Å². The summed E-state index contributed by atoms with van der Waals surface area (Å²) in [5, 5.41) is 14.0. The molecule has 1 aromatic carbocycles. The van der Waals surface area contributed by atoms with Crippen molar-refractivity contribution in [3.05, 3.63) is 28.3 Å². The van der Waals surface area contributed by atoms with Crippen LogP contribution in [0.2, 0.25) is 0 Å². The van der Waals surface area contributed by atoms with Crippen molar-refractivity contribution in [3.8, 4) is 5.75 Å². The molecule has 0 aliphatic carbocycles. The summed E-state index contributed by atoms with van der Waals surface area (Å²) in [5.74, 6) is 0.380. The van der Waals surface area contributed by atoms with Crippen LogP contribution in [0.15, 0.2) is 27.9 Å². The molecule has 74 valence electrons. The highest BCUT2D eigenvalue weighted by Gasteiger charge is 2.14. The van der Waals surface area contributed by atoms with Crippen LogP contribution >= 0.6 is 11.8 Å². The number of benzene rings is 1. The Morgan fingerprint density at radius 2 is 2.29 bits per heavy atom. The van der Waals surface area contributed by atoms with E-state index in [1.807, 2.05) is 0 Å². The minimum atomic E-state index is -0.580. The molecule has 0 radical (unpaired) electrons. The molecule has 6 nitrogen and oxygen atoms in total. The molecule has 0 N–H and O–H groups in total. The molecule has 0 spiro atoms. The van der Waals surface area contributed by atoms with Gasteiger partial charge in [0, 0.05) is 0 Å². The fraction of sp³-hybridized carbons (Fsp3) is 0.143. The second-order valence-electron chi connectivity index (χ2n) is 2.29. The maximum absolute atomic E-state index is 10.6. The molecular weight excluding hydrogens is 210 g/mol. The first-order chi connectivity index (χ1) is 6.69. The van der Waals surface area contributed by atoms with Crippen molar-refractivity contribution in [2.45, 2.75) is 0 Å². The fourth-order valence-electron chi connectivity index (χ4n) is 0.902. The standard InChI is InChI=1S/C7H6ClN3O3/c1-14-5-2-3-6(9-10-8)7(4-5)11(12)13/h2-4H,1H3/b10-9-. The molecule has 0 bridgehead atoms. The molecule has 0 saturated heterocycles. The average molecular weight is 216 g/mol. The van der Waals surface area contributed by atoms with Crippen molar-refractivity contribution >= 4 is 23.2 Å². The number of hydrogen-bond acceptors (Lipinski definition) is 5. The Bertz CT molecular complexity index is 380. The van der Waals surface area contributed by atoms with Crippen LogP contribution < -0.4 is 4.74 Å². The molecule has 1 rings (SSSR count). The summed E-state index contributed by atoms with van der Waals surface area (Å²) in [5.41, 5.74) is -0.112. The third kappa shape index (κ3) is 2.17. The first kappa shape index (κ1) is 10.4. The third-order valence-electron chi connectivity index (χ3n) is 1.52. The van der Waals surface area contributed by atoms with Gasteiger partial charge in [-0.3, -0.25) is 10.1 Å². The molecule has 1 aromatic rings. The zero-order valence-electron chi connectivity index (χ0n) is 7.18. The highest BCUT2D eigenvalue weighted by Crippen LogP contribution is 2.31. The van der Waals surface area contributed by atoms with Crippen molar-refractivity contribution in [2.24, 2.45) is 9.75 Å². The summed E-state index contributed by atoms with van der Waals surface area (Å²) in [7, 11) is 1.42. The second kappa shape index (κ2) is 4.52. The number of methoxy groups -OCH3 is 1. The van der Waals surface area contributed by atoms with Crippen LogP contribution in [0.25, 0.3) is 0 Å². The average Bonchev–Trinajstić information content (AvgIpc) is 2.18. The predicted molar refractivity (Wildman–Crippen MR) is 50.0 cm³/mol. The van der Waals surface area contributed by atoms with Crippen LogP contribution in [0.4, 0.5) is 11.4 Å². The topological polar surface area (TPSA) is 77.1 Å². The Kier molecular flexibility index (Phi) is 3.35. The Labute approximate surface area is 84.4 Å². The molecule has 0 atom stereocenters. The summed E-state index contributed by atoms with van der Waals surface area (Å²) in [4.78, 5) is 9.99. The van der Waals surface area contributed by atoms with E-state index >= 15 is 0 Å². The third-order valence-corrected chi connectivity index (χ3v) is 1.60. The molecule has 7 heteroatoms. The lowest BCUT2D eigenvalue weighted by Gasteiger charge is -2.00. The Balaban J connectivity index is 3.23. The molecule has 0 heterocycles. The van der Waals surface area contributed by atoms with Gasteiger partial charge < -0.3 is 4.74 Å². The maximum atomic E-state index is 10.6. The van der Waals surface area contributed by atoms with Gasteiger partial charge in [0.05, 0.1) is 29.9 Å². The number of rotatable bonds is 3. The highest BCUT2D eigenvalue weighted by atomic mass is 35.5. The van der Waals surface area contributed by atoms with Crippen molar-refractivity contribution < 1.29 is 9.66 Å². The van der Waals surface area contributed by atoms with Crippen LogP contribution in [0.1, 0.15) is 0 Å². The van der Waals surface area contributed by atoms with Crippen molar-refractivity contribution in [1.82, 2.24) is 0 Å². The minimum absolute atomic E-state index is 0.0887. The van der Waals surface area contributed by atoms with Crippen LogP contribution in [0, 0.1) is 10.1 Å². The predicted octanol–water partition coefficient (Wildman–Crippen LogP) is 2.84. The molecule has 0 fully saturated rings. The molecular formula is C7H6ClN3O3. The van der Waals surface area contributed by atoms with Gasteiger partial charge in [-0.1, -0.05) is 4.63 Å². The summed E-state index contributed by atoms with van der Waals surface area (Å²) in [6, 6.07) is 4.19. The van der Waals surface area contributed by atoms with E-state index in [0.717, 1.165) is 0 Å². The maximum Gasteiger partial charge on any atom is 0.300 e. The van der Waals surface area contributed by atoms with Gasteiger partial charge in [0.15, 0.2) is 5.69 Å². The molecule has 0 aromatic heterocycles.